The maximum Gasteiger partial charge on any atom is 0.326 e. The molecule has 0 fully saturated rings. The smallest absolute Gasteiger partial charge is 0.326 e. The van der Waals surface area contributed by atoms with E-state index in [-0.39, 0.29) is 12.1 Å². The minimum absolute atomic E-state index is 0.140. The molecule has 19 heavy (non-hydrogen) atoms. The molecule has 0 aromatic rings. The number of hydrogen-bond donors (Lipinski definition) is 3. The zero-order chi connectivity index (χ0) is 14.7. The highest BCUT2D eigenvalue weighted by atomic mass is 16.4. The van der Waals surface area contributed by atoms with Gasteiger partial charge >= 0.3 is 12.0 Å². The predicted octanol–water partition coefficient (Wildman–Crippen LogP) is 2.90. The number of nitrogens with one attached hydrogen (secondary N) is 2. The van der Waals surface area contributed by atoms with Crippen LogP contribution in [0.2, 0.25) is 0 Å². The molecule has 0 spiro atoms. The third-order valence-corrected chi connectivity index (χ3v) is 3.06. The van der Waals surface area contributed by atoms with Crippen molar-refractivity contribution < 1.29 is 14.7 Å². The number of unbranched alkanes of at least 4 members (excludes halogenated alkanes) is 1. The van der Waals surface area contributed by atoms with Crippen LogP contribution in [-0.2, 0) is 4.79 Å². The Labute approximate surface area is 116 Å². The van der Waals surface area contributed by atoms with Gasteiger partial charge < -0.3 is 15.7 Å². The van der Waals surface area contributed by atoms with E-state index >= 15 is 0 Å². The number of aliphatic carboxylic acids is 1. The second-order valence-electron chi connectivity index (χ2n) is 4.93. The van der Waals surface area contributed by atoms with Gasteiger partial charge in [0.1, 0.15) is 6.04 Å². The Hall–Kier alpha value is -1.26. The van der Waals surface area contributed by atoms with Crippen molar-refractivity contribution in [2.24, 2.45) is 0 Å². The molecule has 5 heteroatoms. The molecule has 0 aromatic carbocycles. The van der Waals surface area contributed by atoms with Crippen LogP contribution >= 0.6 is 0 Å². The van der Waals surface area contributed by atoms with Crippen molar-refractivity contribution in [2.75, 3.05) is 0 Å². The van der Waals surface area contributed by atoms with Crippen molar-refractivity contribution in [3.63, 3.8) is 0 Å². The molecule has 0 rings (SSSR count). The normalized spacial score (nSPS) is 13.6. The van der Waals surface area contributed by atoms with Crippen LogP contribution in [0.5, 0.6) is 0 Å². The Morgan fingerprint density at radius 3 is 2.05 bits per heavy atom. The van der Waals surface area contributed by atoms with Gasteiger partial charge in [0.05, 0.1) is 0 Å². The van der Waals surface area contributed by atoms with Crippen LogP contribution < -0.4 is 10.6 Å². The average molecular weight is 272 g/mol. The van der Waals surface area contributed by atoms with Gasteiger partial charge in [-0.3, -0.25) is 0 Å². The highest BCUT2D eigenvalue weighted by Crippen LogP contribution is 2.07. The first-order valence-corrected chi connectivity index (χ1v) is 7.34. The topological polar surface area (TPSA) is 78.4 Å². The fourth-order valence-electron chi connectivity index (χ4n) is 2.02. The standard InChI is InChI=1S/C14H28N2O3/c1-4-7-10-11(8-5-2)15-14(19)16-12(9-6-3)13(17)18/h11-12H,4-10H2,1-3H3,(H,17,18)(H2,15,16,19). The van der Waals surface area contributed by atoms with Gasteiger partial charge in [0, 0.05) is 6.04 Å². The zero-order valence-electron chi connectivity index (χ0n) is 12.4. The number of carbonyl (C=O) groups excluding carboxylic acids is 1. The number of rotatable bonds is 10. The van der Waals surface area contributed by atoms with Crippen molar-refractivity contribution in [1.29, 1.82) is 0 Å². The summed E-state index contributed by atoms with van der Waals surface area (Å²) in [5.41, 5.74) is 0. The van der Waals surface area contributed by atoms with Gasteiger partial charge in [-0.25, -0.2) is 9.59 Å². The Bertz CT molecular complexity index is 269. The van der Waals surface area contributed by atoms with Gasteiger partial charge in [-0.2, -0.15) is 0 Å². The van der Waals surface area contributed by atoms with Crippen molar-refractivity contribution >= 4 is 12.0 Å². The fourth-order valence-corrected chi connectivity index (χ4v) is 2.02. The first-order valence-electron chi connectivity index (χ1n) is 7.34. The molecule has 2 amide bonds. The van der Waals surface area contributed by atoms with E-state index in [1.54, 1.807) is 0 Å². The van der Waals surface area contributed by atoms with Crippen molar-refractivity contribution in [3.05, 3.63) is 0 Å². The minimum atomic E-state index is -0.974. The van der Waals surface area contributed by atoms with E-state index < -0.39 is 12.0 Å². The molecule has 2 unspecified atom stereocenters. The lowest BCUT2D eigenvalue weighted by molar-refractivity contribution is -0.139. The van der Waals surface area contributed by atoms with Crippen LogP contribution in [0.3, 0.4) is 0 Å². The zero-order valence-corrected chi connectivity index (χ0v) is 12.4. The van der Waals surface area contributed by atoms with Gasteiger partial charge in [-0.1, -0.05) is 46.5 Å². The summed E-state index contributed by atoms with van der Waals surface area (Å²) < 4.78 is 0. The van der Waals surface area contributed by atoms with Gasteiger partial charge in [0.25, 0.3) is 0 Å². The molecule has 0 radical (unpaired) electrons. The molecule has 5 nitrogen and oxygen atoms in total. The Kier molecular flexibility index (Phi) is 9.94. The number of amides is 2. The molecule has 0 aromatic heterocycles. The van der Waals surface area contributed by atoms with Crippen molar-refractivity contribution in [3.8, 4) is 0 Å². The third-order valence-electron chi connectivity index (χ3n) is 3.06. The number of carboxylic acids is 1. The summed E-state index contributed by atoms with van der Waals surface area (Å²) in [5, 5.41) is 14.4. The van der Waals surface area contributed by atoms with Crippen LogP contribution in [0.15, 0.2) is 0 Å². The van der Waals surface area contributed by atoms with E-state index in [1.807, 2.05) is 6.92 Å². The Balaban J connectivity index is 4.25. The number of carboxylic acid groups (broad SMARTS) is 1. The Morgan fingerprint density at radius 2 is 1.58 bits per heavy atom. The predicted molar refractivity (Wildman–Crippen MR) is 76.2 cm³/mol. The van der Waals surface area contributed by atoms with E-state index in [1.165, 1.54) is 0 Å². The van der Waals surface area contributed by atoms with E-state index in [2.05, 4.69) is 24.5 Å². The number of hydrogen-bond acceptors (Lipinski definition) is 2. The third kappa shape index (κ3) is 8.46. The molecule has 3 N–H and O–H groups in total. The molecular formula is C14H28N2O3. The van der Waals surface area contributed by atoms with Crippen LogP contribution in [0.25, 0.3) is 0 Å². The molecule has 0 bridgehead atoms. The molecule has 0 aliphatic rings. The highest BCUT2D eigenvalue weighted by molar-refractivity contribution is 5.82. The van der Waals surface area contributed by atoms with Crippen LogP contribution in [0.1, 0.15) is 65.7 Å². The van der Waals surface area contributed by atoms with Crippen molar-refractivity contribution in [2.45, 2.75) is 77.8 Å². The van der Waals surface area contributed by atoms with E-state index in [0.717, 1.165) is 38.5 Å². The summed E-state index contributed by atoms with van der Waals surface area (Å²) in [6.07, 6.45) is 6.23. The molecule has 0 aliphatic heterocycles. The lowest BCUT2D eigenvalue weighted by Gasteiger charge is -2.20. The van der Waals surface area contributed by atoms with Gasteiger partial charge in [-0.05, 0) is 19.3 Å². The maximum atomic E-state index is 11.8. The number of urea groups is 1. The summed E-state index contributed by atoms with van der Waals surface area (Å²) >= 11 is 0. The molecule has 112 valence electrons. The summed E-state index contributed by atoms with van der Waals surface area (Å²) in [5.74, 6) is -0.974. The van der Waals surface area contributed by atoms with E-state index in [9.17, 15) is 9.59 Å². The molecule has 0 saturated heterocycles. The monoisotopic (exact) mass is 272 g/mol. The van der Waals surface area contributed by atoms with Crippen molar-refractivity contribution in [1.82, 2.24) is 10.6 Å². The molecule has 0 saturated carbocycles. The first kappa shape index (κ1) is 17.7. The average Bonchev–Trinajstić information content (AvgIpc) is 2.35. The lowest BCUT2D eigenvalue weighted by atomic mass is 10.1. The van der Waals surface area contributed by atoms with Gasteiger partial charge in [0.15, 0.2) is 0 Å². The quantitative estimate of drug-likeness (QED) is 0.572. The summed E-state index contributed by atoms with van der Waals surface area (Å²) in [6.45, 7) is 6.09. The molecule has 0 aliphatic carbocycles. The van der Waals surface area contributed by atoms with Gasteiger partial charge in [0.2, 0.25) is 0 Å². The van der Waals surface area contributed by atoms with E-state index in [4.69, 9.17) is 5.11 Å². The first-order chi connectivity index (χ1) is 9.04. The maximum absolute atomic E-state index is 11.8. The Morgan fingerprint density at radius 1 is 0.947 bits per heavy atom. The SMILES string of the molecule is CCCCC(CCC)NC(=O)NC(CCC)C(=O)O. The number of carbonyl (C=O) groups is 2. The van der Waals surface area contributed by atoms with E-state index in [0.29, 0.717) is 6.42 Å². The van der Waals surface area contributed by atoms with Crippen LogP contribution in [0, 0.1) is 0 Å². The summed E-state index contributed by atoms with van der Waals surface area (Å²) in [6, 6.07) is -1.02. The summed E-state index contributed by atoms with van der Waals surface area (Å²) in [7, 11) is 0. The van der Waals surface area contributed by atoms with Crippen LogP contribution in [-0.4, -0.2) is 29.2 Å². The van der Waals surface area contributed by atoms with Gasteiger partial charge in [-0.15, -0.1) is 0 Å². The largest absolute Gasteiger partial charge is 0.480 e. The minimum Gasteiger partial charge on any atom is -0.480 e. The summed E-state index contributed by atoms with van der Waals surface area (Å²) in [4.78, 5) is 22.8. The second-order valence-corrected chi connectivity index (χ2v) is 4.93. The highest BCUT2D eigenvalue weighted by Gasteiger charge is 2.20. The lowest BCUT2D eigenvalue weighted by Crippen LogP contribution is -2.49. The second kappa shape index (κ2) is 10.6. The fraction of sp³-hybridized carbons (Fsp3) is 0.857. The van der Waals surface area contributed by atoms with Crippen LogP contribution in [0.4, 0.5) is 4.79 Å². The molecular weight excluding hydrogens is 244 g/mol. The molecule has 2 atom stereocenters. The molecule has 0 heterocycles.